The van der Waals surface area contributed by atoms with Crippen LogP contribution >= 0.6 is 11.3 Å². The molecule has 266 valence electrons. The van der Waals surface area contributed by atoms with Gasteiger partial charge in [0.25, 0.3) is 0 Å². The van der Waals surface area contributed by atoms with Gasteiger partial charge in [0.2, 0.25) is 0 Å². The molecule has 9 aromatic carbocycles. The summed E-state index contributed by atoms with van der Waals surface area (Å²) in [5, 5.41) is 11.4. The van der Waals surface area contributed by atoms with Gasteiger partial charge in [-0.05, 0) is 122 Å². The number of fused-ring (bicyclic) bond motifs is 11. The third kappa shape index (κ3) is 5.10. The van der Waals surface area contributed by atoms with Gasteiger partial charge in [-0.2, -0.15) is 0 Å². The Hall–Kier alpha value is -7.20. The summed E-state index contributed by atoms with van der Waals surface area (Å²) in [5.74, 6) is 0. The lowest BCUT2D eigenvalue weighted by molar-refractivity contribution is 1.26. The van der Waals surface area contributed by atoms with Gasteiger partial charge in [-0.15, -0.1) is 11.3 Å². The van der Waals surface area contributed by atoms with Gasteiger partial charge >= 0.3 is 0 Å². The average molecular weight is 743 g/mol. The van der Waals surface area contributed by atoms with Crippen LogP contribution < -0.4 is 4.90 Å². The molecule has 0 N–H and O–H groups in total. The van der Waals surface area contributed by atoms with Crippen molar-refractivity contribution in [3.63, 3.8) is 0 Å². The van der Waals surface area contributed by atoms with Crippen LogP contribution in [0, 0.1) is 0 Å². The van der Waals surface area contributed by atoms with Crippen LogP contribution in [0.15, 0.2) is 206 Å². The first kappa shape index (κ1) is 32.1. The number of pyridine rings is 1. The molecule has 0 aliphatic rings. The Kier molecular flexibility index (Phi) is 7.13. The molecule has 0 atom stereocenters. The standard InChI is InChI=1S/C54H34N2S/c1-2-11-38(12-3-1)53-49-15-8-9-31-55(49)50-29-23-37-17-19-39(33-47(37)54(50)53)35-21-24-41(25-22-35)56(43-27-30-52-48(34-43)46-14-6-7-16-51(46)57-52)42-26-28-45-40(32-42)20-18-36-10-4-5-13-44(36)45/h1-34H. The van der Waals surface area contributed by atoms with Crippen molar-refractivity contribution < 1.29 is 0 Å². The van der Waals surface area contributed by atoms with Crippen LogP contribution in [0.5, 0.6) is 0 Å². The normalized spacial score (nSPS) is 11.9. The molecule has 3 heterocycles. The summed E-state index contributed by atoms with van der Waals surface area (Å²) >= 11 is 1.86. The van der Waals surface area contributed by atoms with E-state index >= 15 is 0 Å². The average Bonchev–Trinajstić information content (AvgIpc) is 3.83. The lowest BCUT2D eigenvalue weighted by Gasteiger charge is -2.26. The third-order valence-corrected chi connectivity index (χ3v) is 12.9. The highest BCUT2D eigenvalue weighted by Gasteiger charge is 2.19. The molecule has 0 saturated carbocycles. The fourth-order valence-electron chi connectivity index (χ4n) is 9.08. The number of thiophene rings is 1. The molecule has 2 nitrogen and oxygen atoms in total. The quantitative estimate of drug-likeness (QED) is 0.159. The number of hydrogen-bond acceptors (Lipinski definition) is 2. The van der Waals surface area contributed by atoms with Crippen molar-refractivity contribution in [3.8, 4) is 22.3 Å². The summed E-state index contributed by atoms with van der Waals surface area (Å²) in [6.07, 6.45) is 2.18. The Balaban J connectivity index is 1.01. The van der Waals surface area contributed by atoms with E-state index in [1.54, 1.807) is 0 Å². The molecule has 3 heteroatoms. The molecule has 0 radical (unpaired) electrons. The predicted octanol–water partition coefficient (Wildman–Crippen LogP) is 15.7. The monoisotopic (exact) mass is 742 g/mol. The van der Waals surface area contributed by atoms with E-state index in [-0.39, 0.29) is 0 Å². The molecule has 12 aromatic rings. The maximum Gasteiger partial charge on any atom is 0.0541 e. The summed E-state index contributed by atoms with van der Waals surface area (Å²) in [6, 6.07) is 73.6. The molecule has 0 bridgehead atoms. The highest BCUT2D eigenvalue weighted by atomic mass is 32.1. The molecule has 0 spiro atoms. The predicted molar refractivity (Wildman–Crippen MR) is 246 cm³/mol. The van der Waals surface area contributed by atoms with E-state index < -0.39 is 0 Å². The van der Waals surface area contributed by atoms with Crippen LogP contribution in [0.3, 0.4) is 0 Å². The minimum Gasteiger partial charge on any atom is -0.316 e. The molecule has 3 aromatic heterocycles. The summed E-state index contributed by atoms with van der Waals surface area (Å²) < 4.78 is 4.95. The molecule has 0 aliphatic heterocycles. The van der Waals surface area contributed by atoms with Crippen molar-refractivity contribution in [2.75, 3.05) is 4.90 Å². The fourth-order valence-corrected chi connectivity index (χ4v) is 10.2. The minimum atomic E-state index is 1.12. The molecule has 57 heavy (non-hydrogen) atoms. The van der Waals surface area contributed by atoms with Crippen LogP contribution in [-0.4, -0.2) is 4.40 Å². The number of rotatable bonds is 5. The zero-order chi connectivity index (χ0) is 37.5. The lowest BCUT2D eigenvalue weighted by Crippen LogP contribution is -2.09. The largest absolute Gasteiger partial charge is 0.316 e. The van der Waals surface area contributed by atoms with Gasteiger partial charge in [-0.3, -0.25) is 0 Å². The van der Waals surface area contributed by atoms with Gasteiger partial charge in [-0.25, -0.2) is 0 Å². The van der Waals surface area contributed by atoms with E-state index in [0.29, 0.717) is 0 Å². The van der Waals surface area contributed by atoms with Crippen molar-refractivity contribution in [1.82, 2.24) is 4.40 Å². The van der Waals surface area contributed by atoms with Crippen LogP contribution in [0.2, 0.25) is 0 Å². The Morgan fingerprint density at radius 2 is 1.00 bits per heavy atom. The highest BCUT2D eigenvalue weighted by Crippen LogP contribution is 2.44. The summed E-state index contributed by atoms with van der Waals surface area (Å²) in [4.78, 5) is 2.41. The Labute approximate surface area is 333 Å². The molecule has 0 fully saturated rings. The Morgan fingerprint density at radius 3 is 1.91 bits per heavy atom. The Morgan fingerprint density at radius 1 is 0.351 bits per heavy atom. The summed E-state index contributed by atoms with van der Waals surface area (Å²) in [6.45, 7) is 0. The first-order chi connectivity index (χ1) is 28.2. The minimum absolute atomic E-state index is 1.12. The first-order valence-electron chi connectivity index (χ1n) is 19.5. The van der Waals surface area contributed by atoms with Gasteiger partial charge in [0.1, 0.15) is 0 Å². The van der Waals surface area contributed by atoms with E-state index in [1.807, 2.05) is 11.3 Å². The van der Waals surface area contributed by atoms with E-state index in [9.17, 15) is 0 Å². The van der Waals surface area contributed by atoms with Gasteiger partial charge in [0.15, 0.2) is 0 Å². The van der Waals surface area contributed by atoms with E-state index in [4.69, 9.17) is 0 Å². The lowest BCUT2D eigenvalue weighted by atomic mass is 9.95. The van der Waals surface area contributed by atoms with Crippen LogP contribution in [0.1, 0.15) is 0 Å². The molecule has 0 unspecified atom stereocenters. The molecular formula is C54H34N2S. The number of anilines is 3. The second-order valence-electron chi connectivity index (χ2n) is 14.9. The molecular weight excluding hydrogens is 709 g/mol. The molecule has 0 saturated heterocycles. The van der Waals surface area contributed by atoms with Crippen LogP contribution in [0.4, 0.5) is 17.1 Å². The summed E-state index contributed by atoms with van der Waals surface area (Å²) in [7, 11) is 0. The van der Waals surface area contributed by atoms with Crippen molar-refractivity contribution in [2.24, 2.45) is 0 Å². The zero-order valence-corrected chi connectivity index (χ0v) is 31.7. The third-order valence-electron chi connectivity index (χ3n) is 11.8. The number of nitrogens with zero attached hydrogens (tertiary/aromatic N) is 2. The fraction of sp³-hybridized carbons (Fsp3) is 0. The molecule has 0 aliphatic carbocycles. The number of aromatic nitrogens is 1. The summed E-state index contributed by atoms with van der Waals surface area (Å²) in [5.41, 5.74) is 10.7. The smallest absolute Gasteiger partial charge is 0.0541 e. The topological polar surface area (TPSA) is 7.65 Å². The van der Waals surface area contributed by atoms with Crippen LogP contribution in [0.25, 0.3) is 91.2 Å². The zero-order valence-electron chi connectivity index (χ0n) is 30.9. The number of hydrogen-bond donors (Lipinski definition) is 0. The van der Waals surface area contributed by atoms with Crippen molar-refractivity contribution >= 4 is 97.3 Å². The van der Waals surface area contributed by atoms with E-state index in [0.717, 1.165) is 17.1 Å². The maximum absolute atomic E-state index is 2.41. The van der Waals surface area contributed by atoms with E-state index in [2.05, 4.69) is 216 Å². The first-order valence-corrected chi connectivity index (χ1v) is 20.3. The second-order valence-corrected chi connectivity index (χ2v) is 16.0. The number of benzene rings is 9. The molecule has 0 amide bonds. The van der Waals surface area contributed by atoms with Gasteiger partial charge in [0, 0.05) is 54.4 Å². The van der Waals surface area contributed by atoms with Gasteiger partial charge in [-0.1, -0.05) is 127 Å². The second kappa shape index (κ2) is 12.7. The highest BCUT2D eigenvalue weighted by molar-refractivity contribution is 7.25. The maximum atomic E-state index is 2.41. The van der Waals surface area contributed by atoms with Crippen LogP contribution in [-0.2, 0) is 0 Å². The Bertz CT molecular complexity index is 3520. The van der Waals surface area contributed by atoms with Crippen molar-refractivity contribution in [3.05, 3.63) is 206 Å². The van der Waals surface area contributed by atoms with Gasteiger partial charge in [0.05, 0.1) is 11.0 Å². The van der Waals surface area contributed by atoms with Crippen molar-refractivity contribution in [1.29, 1.82) is 0 Å². The van der Waals surface area contributed by atoms with Gasteiger partial charge < -0.3 is 9.30 Å². The van der Waals surface area contributed by atoms with E-state index in [1.165, 1.54) is 91.2 Å². The molecule has 12 rings (SSSR count). The van der Waals surface area contributed by atoms with Crippen molar-refractivity contribution in [2.45, 2.75) is 0 Å². The SMILES string of the molecule is c1ccc(-c2c3c4cc(-c5ccc(N(c6ccc7c(ccc8ccccc87)c6)c6ccc7sc8ccccc8c7c6)cc5)ccc4ccc3n3ccccc23)cc1.